The maximum Gasteiger partial charge on any atom is 0.233 e. The molecule has 1 amide bonds. The van der Waals surface area contributed by atoms with E-state index in [-0.39, 0.29) is 12.3 Å². The van der Waals surface area contributed by atoms with Gasteiger partial charge in [0.1, 0.15) is 11.4 Å². The molecule has 1 aliphatic rings. The minimum atomic E-state index is -0.423. The molecule has 1 aromatic heterocycles. The first-order valence-corrected chi connectivity index (χ1v) is 7.91. The number of carbonyl (C=O) groups is 1. The number of ether oxygens (including phenoxy) is 1. The zero-order valence-electron chi connectivity index (χ0n) is 12.8. The van der Waals surface area contributed by atoms with Crippen LogP contribution in [0.3, 0.4) is 0 Å². The first-order valence-electron chi connectivity index (χ1n) is 7.11. The van der Waals surface area contributed by atoms with Crippen molar-refractivity contribution in [1.82, 2.24) is 9.78 Å². The molecule has 0 N–H and O–H groups in total. The lowest BCUT2D eigenvalue weighted by Gasteiger charge is -2.39. The maximum absolute atomic E-state index is 12.7. The summed E-state index contributed by atoms with van der Waals surface area (Å²) >= 11 is 3.45. The predicted octanol–water partition coefficient (Wildman–Crippen LogP) is 2.93. The molecule has 6 heteroatoms. The van der Waals surface area contributed by atoms with Gasteiger partial charge in [-0.15, -0.1) is 0 Å². The largest absolute Gasteiger partial charge is 0.484 e. The smallest absolute Gasteiger partial charge is 0.233 e. The topological polar surface area (TPSA) is 47.4 Å². The monoisotopic (exact) mass is 363 g/mol. The molecule has 3 rings (SSSR count). The second kappa shape index (κ2) is 5.43. The molecule has 22 heavy (non-hydrogen) atoms. The molecule has 116 valence electrons. The van der Waals surface area contributed by atoms with Crippen molar-refractivity contribution in [2.75, 3.05) is 11.4 Å². The zero-order chi connectivity index (χ0) is 15.9. The van der Waals surface area contributed by atoms with Crippen LogP contribution in [0.5, 0.6) is 5.75 Å². The Hall–Kier alpha value is -1.82. The zero-order valence-corrected chi connectivity index (χ0v) is 14.4. The van der Waals surface area contributed by atoms with Gasteiger partial charge in [-0.25, -0.2) is 0 Å². The molecule has 0 saturated carbocycles. The lowest BCUT2D eigenvalue weighted by atomic mass is 10.0. The molecule has 0 unspecified atom stereocenters. The van der Waals surface area contributed by atoms with E-state index >= 15 is 0 Å². The van der Waals surface area contributed by atoms with E-state index < -0.39 is 5.60 Å². The summed E-state index contributed by atoms with van der Waals surface area (Å²) in [7, 11) is 1.85. The van der Waals surface area contributed by atoms with Gasteiger partial charge in [-0.1, -0.05) is 15.9 Å². The average molecular weight is 364 g/mol. The molecular formula is C16H18BrN3O2. The van der Waals surface area contributed by atoms with Gasteiger partial charge in [0.15, 0.2) is 0 Å². The van der Waals surface area contributed by atoms with Gasteiger partial charge >= 0.3 is 0 Å². The standard InChI is InChI=1S/C16H18BrN3O2/c1-16(2)10-20(13-5-4-11(17)8-14(13)22-16)15(21)9-12-6-7-19(3)18-12/h4-8H,9-10H2,1-3H3. The summed E-state index contributed by atoms with van der Waals surface area (Å²) in [6, 6.07) is 7.59. The van der Waals surface area contributed by atoms with Crippen molar-refractivity contribution in [2.45, 2.75) is 25.9 Å². The Morgan fingerprint density at radius 3 is 2.86 bits per heavy atom. The van der Waals surface area contributed by atoms with Crippen LogP contribution in [0.15, 0.2) is 34.9 Å². The lowest BCUT2D eigenvalue weighted by Crippen LogP contribution is -2.49. The minimum Gasteiger partial charge on any atom is -0.484 e. The highest BCUT2D eigenvalue weighted by Gasteiger charge is 2.35. The molecule has 0 atom stereocenters. The van der Waals surface area contributed by atoms with Crippen LogP contribution in [-0.4, -0.2) is 27.8 Å². The Bertz CT molecular complexity index is 724. The third kappa shape index (κ3) is 3.02. The molecule has 0 fully saturated rings. The molecular weight excluding hydrogens is 346 g/mol. The number of nitrogens with zero attached hydrogens (tertiary/aromatic N) is 3. The van der Waals surface area contributed by atoms with E-state index in [1.165, 1.54) is 0 Å². The molecule has 1 aromatic carbocycles. The van der Waals surface area contributed by atoms with Gasteiger partial charge in [0.25, 0.3) is 0 Å². The highest BCUT2D eigenvalue weighted by Crippen LogP contribution is 2.38. The van der Waals surface area contributed by atoms with Crippen molar-refractivity contribution in [2.24, 2.45) is 7.05 Å². The maximum atomic E-state index is 12.7. The van der Waals surface area contributed by atoms with Crippen molar-refractivity contribution in [3.05, 3.63) is 40.6 Å². The summed E-state index contributed by atoms with van der Waals surface area (Å²) in [6.45, 7) is 4.49. The van der Waals surface area contributed by atoms with Crippen molar-refractivity contribution >= 4 is 27.5 Å². The van der Waals surface area contributed by atoms with Crippen LogP contribution < -0.4 is 9.64 Å². The van der Waals surface area contributed by atoms with Gasteiger partial charge in [0.2, 0.25) is 5.91 Å². The summed E-state index contributed by atoms with van der Waals surface area (Å²) in [5.41, 5.74) is 1.16. The second-order valence-electron chi connectivity index (χ2n) is 6.11. The van der Waals surface area contributed by atoms with Gasteiger partial charge in [-0.3, -0.25) is 9.48 Å². The van der Waals surface area contributed by atoms with E-state index in [0.717, 1.165) is 21.6 Å². The Kier molecular flexibility index (Phi) is 3.72. The minimum absolute atomic E-state index is 0.0265. The predicted molar refractivity (Wildman–Crippen MR) is 88.1 cm³/mol. The number of aromatic nitrogens is 2. The molecule has 2 heterocycles. The van der Waals surface area contributed by atoms with Crippen LogP contribution in [0.25, 0.3) is 0 Å². The van der Waals surface area contributed by atoms with Crippen LogP contribution >= 0.6 is 15.9 Å². The van der Waals surface area contributed by atoms with Gasteiger partial charge in [-0.2, -0.15) is 5.10 Å². The van der Waals surface area contributed by atoms with Crippen LogP contribution in [0.1, 0.15) is 19.5 Å². The van der Waals surface area contributed by atoms with Gasteiger partial charge in [0, 0.05) is 17.7 Å². The Morgan fingerprint density at radius 1 is 1.41 bits per heavy atom. The third-order valence-corrected chi connectivity index (χ3v) is 4.03. The first kappa shape index (κ1) is 15.1. The van der Waals surface area contributed by atoms with Crippen molar-refractivity contribution in [3.63, 3.8) is 0 Å². The number of amides is 1. The van der Waals surface area contributed by atoms with E-state index in [4.69, 9.17) is 4.74 Å². The molecule has 0 aliphatic carbocycles. The summed E-state index contributed by atoms with van der Waals surface area (Å²) in [6.07, 6.45) is 2.13. The van der Waals surface area contributed by atoms with Gasteiger partial charge in [-0.05, 0) is 38.1 Å². The van der Waals surface area contributed by atoms with Crippen molar-refractivity contribution in [3.8, 4) is 5.75 Å². The van der Waals surface area contributed by atoms with E-state index in [9.17, 15) is 4.79 Å². The number of anilines is 1. The molecule has 2 aromatic rings. The Balaban J connectivity index is 1.91. The van der Waals surface area contributed by atoms with E-state index in [0.29, 0.717) is 6.54 Å². The summed E-state index contributed by atoms with van der Waals surface area (Å²) in [5.74, 6) is 0.749. The Labute approximate surface area is 138 Å². The van der Waals surface area contributed by atoms with Crippen molar-refractivity contribution < 1.29 is 9.53 Å². The number of carbonyl (C=O) groups excluding carboxylic acids is 1. The molecule has 0 radical (unpaired) electrons. The van der Waals surface area contributed by atoms with Crippen molar-refractivity contribution in [1.29, 1.82) is 0 Å². The summed E-state index contributed by atoms with van der Waals surface area (Å²) in [4.78, 5) is 14.5. The number of halogens is 1. The molecule has 0 bridgehead atoms. The van der Waals surface area contributed by atoms with E-state index in [1.54, 1.807) is 9.58 Å². The fraction of sp³-hybridized carbons (Fsp3) is 0.375. The number of fused-ring (bicyclic) bond motifs is 1. The normalized spacial score (nSPS) is 16.1. The van der Waals surface area contributed by atoms with Gasteiger partial charge in [0.05, 0.1) is 24.3 Å². The number of rotatable bonds is 2. The Morgan fingerprint density at radius 2 is 2.18 bits per heavy atom. The quantitative estimate of drug-likeness (QED) is 0.823. The fourth-order valence-electron chi connectivity index (χ4n) is 2.62. The number of hydrogen-bond acceptors (Lipinski definition) is 3. The second-order valence-corrected chi connectivity index (χ2v) is 7.03. The average Bonchev–Trinajstić information content (AvgIpc) is 2.81. The van der Waals surface area contributed by atoms with Gasteiger partial charge < -0.3 is 9.64 Å². The highest BCUT2D eigenvalue weighted by molar-refractivity contribution is 9.10. The van der Waals surface area contributed by atoms with E-state index in [1.807, 2.05) is 51.4 Å². The SMILES string of the molecule is Cn1ccc(CC(=O)N2CC(C)(C)Oc3cc(Br)ccc32)n1. The first-order chi connectivity index (χ1) is 10.3. The molecule has 0 saturated heterocycles. The summed E-state index contributed by atoms with van der Waals surface area (Å²) < 4.78 is 8.63. The third-order valence-electron chi connectivity index (χ3n) is 3.54. The molecule has 1 aliphatic heterocycles. The van der Waals surface area contributed by atoms with Crippen LogP contribution in [0.2, 0.25) is 0 Å². The number of aryl methyl sites for hydroxylation is 1. The fourth-order valence-corrected chi connectivity index (χ4v) is 2.96. The molecule has 0 spiro atoms. The van der Waals surface area contributed by atoms with E-state index in [2.05, 4.69) is 21.0 Å². The lowest BCUT2D eigenvalue weighted by molar-refractivity contribution is -0.119. The summed E-state index contributed by atoms with van der Waals surface area (Å²) in [5, 5.41) is 4.28. The highest BCUT2D eigenvalue weighted by atomic mass is 79.9. The van der Waals surface area contributed by atoms with Crippen LogP contribution in [0, 0.1) is 0 Å². The number of hydrogen-bond donors (Lipinski definition) is 0. The van der Waals surface area contributed by atoms with Crippen LogP contribution in [-0.2, 0) is 18.3 Å². The number of benzene rings is 1. The van der Waals surface area contributed by atoms with Crippen LogP contribution in [0.4, 0.5) is 5.69 Å². The molecule has 5 nitrogen and oxygen atoms in total.